The molecule has 1 aromatic heterocycles. The van der Waals surface area contributed by atoms with E-state index < -0.39 is 16.0 Å². The smallest absolute Gasteiger partial charge is 0.349 e. The molecule has 2 aromatic rings. The fourth-order valence-corrected chi connectivity index (χ4v) is 4.80. The van der Waals surface area contributed by atoms with Gasteiger partial charge in [0.25, 0.3) is 0 Å². The summed E-state index contributed by atoms with van der Waals surface area (Å²) in [4.78, 5) is 11.7. The molecule has 1 aromatic carbocycles. The molecule has 0 bridgehead atoms. The van der Waals surface area contributed by atoms with Gasteiger partial charge in [-0.25, -0.2) is 13.2 Å². The van der Waals surface area contributed by atoms with Crippen LogP contribution in [0.4, 0.5) is 0 Å². The number of likely N-dealkylation sites (N-methyl/N-ethyl adjacent to an activating group) is 1. The number of carbonyl (C=O) groups excluding carboxylic acids is 1. The van der Waals surface area contributed by atoms with Crippen LogP contribution in [0.2, 0.25) is 0 Å². The zero-order valence-electron chi connectivity index (χ0n) is 14.6. The minimum atomic E-state index is -3.79. The van der Waals surface area contributed by atoms with Crippen molar-refractivity contribution >= 4 is 27.3 Å². The molecule has 0 aliphatic carbocycles. The fourth-order valence-electron chi connectivity index (χ4n) is 2.34. The molecule has 136 valence electrons. The molecular weight excluding hydrogens is 362 g/mol. The normalized spacial score (nSPS) is 11.6. The van der Waals surface area contributed by atoms with E-state index in [1.165, 1.54) is 24.5 Å². The van der Waals surface area contributed by atoms with Crippen molar-refractivity contribution in [3.63, 3.8) is 0 Å². The largest absolute Gasteiger partial charge is 0.492 e. The number of nitrogens with zero attached hydrogens (tertiary/aromatic N) is 1. The summed E-state index contributed by atoms with van der Waals surface area (Å²) in [6.07, 6.45) is 0. The molecular formula is C17H21NO5S2. The van der Waals surface area contributed by atoms with Gasteiger partial charge in [0.1, 0.15) is 22.1 Å². The maximum absolute atomic E-state index is 12.7. The number of hydrogen-bond acceptors (Lipinski definition) is 6. The monoisotopic (exact) mass is 383 g/mol. The van der Waals surface area contributed by atoms with Gasteiger partial charge in [0, 0.05) is 13.6 Å². The summed E-state index contributed by atoms with van der Waals surface area (Å²) >= 11 is 1.04. The SMILES string of the molecule is COC(=O)c1sccc1S(=O)(=O)N(C)CCOc1cc(C)cc(C)c1. The molecule has 25 heavy (non-hydrogen) atoms. The van der Waals surface area contributed by atoms with Gasteiger partial charge in [0.2, 0.25) is 10.0 Å². The Balaban J connectivity index is 2.06. The van der Waals surface area contributed by atoms with E-state index in [0.717, 1.165) is 22.5 Å². The van der Waals surface area contributed by atoms with Crippen molar-refractivity contribution in [2.45, 2.75) is 18.7 Å². The third-order valence-corrected chi connectivity index (χ3v) is 6.48. The molecule has 1 heterocycles. The number of thiophene rings is 1. The molecule has 2 rings (SSSR count). The van der Waals surface area contributed by atoms with Gasteiger partial charge in [-0.15, -0.1) is 11.3 Å². The Morgan fingerprint density at radius 3 is 2.44 bits per heavy atom. The van der Waals surface area contributed by atoms with E-state index >= 15 is 0 Å². The molecule has 0 aliphatic rings. The Labute approximate surface area is 152 Å². The van der Waals surface area contributed by atoms with Crippen LogP contribution in [0.15, 0.2) is 34.5 Å². The van der Waals surface area contributed by atoms with Crippen molar-refractivity contribution in [1.82, 2.24) is 4.31 Å². The highest BCUT2D eigenvalue weighted by Gasteiger charge is 2.28. The van der Waals surface area contributed by atoms with Crippen molar-refractivity contribution in [2.75, 3.05) is 27.3 Å². The summed E-state index contributed by atoms with van der Waals surface area (Å²) in [5, 5.41) is 1.55. The fraction of sp³-hybridized carbons (Fsp3) is 0.353. The van der Waals surface area contributed by atoms with E-state index in [9.17, 15) is 13.2 Å². The van der Waals surface area contributed by atoms with Gasteiger partial charge in [0.05, 0.1) is 7.11 Å². The average molecular weight is 383 g/mol. The second-order valence-electron chi connectivity index (χ2n) is 5.60. The van der Waals surface area contributed by atoms with Gasteiger partial charge in [-0.3, -0.25) is 0 Å². The first-order chi connectivity index (χ1) is 11.8. The summed E-state index contributed by atoms with van der Waals surface area (Å²) in [7, 11) is -1.11. The van der Waals surface area contributed by atoms with E-state index in [2.05, 4.69) is 4.74 Å². The highest BCUT2D eigenvalue weighted by Crippen LogP contribution is 2.25. The van der Waals surface area contributed by atoms with Crippen LogP contribution in [0.3, 0.4) is 0 Å². The predicted molar refractivity (Wildman–Crippen MR) is 96.9 cm³/mol. The lowest BCUT2D eigenvalue weighted by atomic mass is 10.1. The van der Waals surface area contributed by atoms with Gasteiger partial charge in [-0.2, -0.15) is 4.31 Å². The Morgan fingerprint density at radius 1 is 1.20 bits per heavy atom. The van der Waals surface area contributed by atoms with Crippen LogP contribution in [0.25, 0.3) is 0 Å². The molecule has 6 nitrogen and oxygen atoms in total. The summed E-state index contributed by atoms with van der Waals surface area (Å²) in [5.41, 5.74) is 2.16. The third-order valence-electron chi connectivity index (χ3n) is 3.56. The molecule has 0 radical (unpaired) electrons. The summed E-state index contributed by atoms with van der Waals surface area (Å²) in [6, 6.07) is 7.24. The molecule has 0 unspecified atom stereocenters. The summed E-state index contributed by atoms with van der Waals surface area (Å²) in [5.74, 6) is 0.0440. The lowest BCUT2D eigenvalue weighted by Gasteiger charge is -2.17. The Hall–Kier alpha value is -1.90. The zero-order chi connectivity index (χ0) is 18.6. The molecule has 0 spiro atoms. The first kappa shape index (κ1) is 19.4. The minimum absolute atomic E-state index is 0.0433. The number of aryl methyl sites for hydroxylation is 2. The lowest BCUT2D eigenvalue weighted by Crippen LogP contribution is -2.31. The van der Waals surface area contributed by atoms with E-state index in [4.69, 9.17) is 4.74 Å². The van der Waals surface area contributed by atoms with Crippen molar-refractivity contribution in [3.05, 3.63) is 45.6 Å². The Morgan fingerprint density at radius 2 is 1.84 bits per heavy atom. The van der Waals surface area contributed by atoms with Crippen LogP contribution in [-0.2, 0) is 14.8 Å². The van der Waals surface area contributed by atoms with Crippen LogP contribution in [-0.4, -0.2) is 46.0 Å². The van der Waals surface area contributed by atoms with E-state index in [0.29, 0.717) is 5.75 Å². The number of hydrogen-bond donors (Lipinski definition) is 0. The van der Waals surface area contributed by atoms with Gasteiger partial charge >= 0.3 is 5.97 Å². The second-order valence-corrected chi connectivity index (χ2v) is 8.53. The standard InChI is InChI=1S/C17H21NO5S2/c1-12-9-13(2)11-14(10-12)23-7-6-18(3)25(20,21)15-5-8-24-16(15)17(19)22-4/h5,8-11H,6-7H2,1-4H3. The van der Waals surface area contributed by atoms with Crippen LogP contribution in [0.1, 0.15) is 20.8 Å². The first-order valence-electron chi connectivity index (χ1n) is 7.59. The number of sulfonamides is 1. The maximum atomic E-state index is 12.7. The number of rotatable bonds is 7. The molecule has 0 saturated carbocycles. The van der Waals surface area contributed by atoms with Gasteiger partial charge in [-0.05, 0) is 48.6 Å². The third kappa shape index (κ3) is 4.59. The van der Waals surface area contributed by atoms with E-state index in [-0.39, 0.29) is 22.9 Å². The number of carbonyl (C=O) groups is 1. The first-order valence-corrected chi connectivity index (χ1v) is 9.91. The highest BCUT2D eigenvalue weighted by molar-refractivity contribution is 7.89. The van der Waals surface area contributed by atoms with E-state index in [1.54, 1.807) is 5.38 Å². The predicted octanol–water partition coefficient (Wildman–Crippen LogP) is 2.85. The van der Waals surface area contributed by atoms with Crippen molar-refractivity contribution in [2.24, 2.45) is 0 Å². The summed E-state index contributed by atoms with van der Waals surface area (Å²) in [6.45, 7) is 4.31. The van der Waals surface area contributed by atoms with Gasteiger partial charge in [0.15, 0.2) is 0 Å². The van der Waals surface area contributed by atoms with Crippen LogP contribution in [0.5, 0.6) is 5.75 Å². The molecule has 0 atom stereocenters. The lowest BCUT2D eigenvalue weighted by molar-refractivity contribution is 0.0602. The van der Waals surface area contributed by atoms with Crippen molar-refractivity contribution in [3.8, 4) is 5.75 Å². The highest BCUT2D eigenvalue weighted by atomic mass is 32.2. The Bertz CT molecular complexity index is 837. The Kier molecular flexibility index (Phi) is 6.21. The second kappa shape index (κ2) is 7.99. The van der Waals surface area contributed by atoms with E-state index in [1.807, 2.05) is 32.0 Å². The number of ether oxygens (including phenoxy) is 2. The van der Waals surface area contributed by atoms with Gasteiger partial charge in [-0.1, -0.05) is 6.07 Å². The number of benzene rings is 1. The van der Waals surface area contributed by atoms with Crippen LogP contribution in [0, 0.1) is 13.8 Å². The minimum Gasteiger partial charge on any atom is -0.492 e. The van der Waals surface area contributed by atoms with Crippen molar-refractivity contribution < 1.29 is 22.7 Å². The zero-order valence-corrected chi connectivity index (χ0v) is 16.2. The molecule has 8 heteroatoms. The number of esters is 1. The molecule has 0 amide bonds. The van der Waals surface area contributed by atoms with Crippen molar-refractivity contribution in [1.29, 1.82) is 0 Å². The topological polar surface area (TPSA) is 72.9 Å². The summed E-state index contributed by atoms with van der Waals surface area (Å²) < 4.78 is 36.8. The quantitative estimate of drug-likeness (QED) is 0.688. The molecule has 0 N–H and O–H groups in total. The average Bonchev–Trinajstić information content (AvgIpc) is 3.03. The van der Waals surface area contributed by atoms with Gasteiger partial charge < -0.3 is 9.47 Å². The number of methoxy groups -OCH3 is 1. The molecule has 0 saturated heterocycles. The van der Waals surface area contributed by atoms with Crippen LogP contribution < -0.4 is 4.74 Å². The molecule has 0 fully saturated rings. The van der Waals surface area contributed by atoms with Crippen LogP contribution >= 0.6 is 11.3 Å². The maximum Gasteiger partial charge on any atom is 0.349 e. The molecule has 0 aliphatic heterocycles.